The zero-order valence-electron chi connectivity index (χ0n) is 8.88. The molecule has 84 valence electrons. The van der Waals surface area contributed by atoms with E-state index in [9.17, 15) is 4.79 Å². The summed E-state index contributed by atoms with van der Waals surface area (Å²) in [4.78, 5) is 11.2. The van der Waals surface area contributed by atoms with Gasteiger partial charge in [0, 0.05) is 20.3 Å². The highest BCUT2D eigenvalue weighted by molar-refractivity contribution is 5.74. The van der Waals surface area contributed by atoms with Gasteiger partial charge in [0.05, 0.1) is 12.6 Å². The Kier molecular flexibility index (Phi) is 8.27. The second-order valence-corrected chi connectivity index (χ2v) is 3.04. The Balaban J connectivity index is 3.56. The number of urea groups is 1. The van der Waals surface area contributed by atoms with Crippen LogP contribution >= 0.6 is 0 Å². The summed E-state index contributed by atoms with van der Waals surface area (Å²) in [6.07, 6.45) is 1.41. The van der Waals surface area contributed by atoms with Gasteiger partial charge in [-0.15, -0.1) is 0 Å². The fraction of sp³-hybridized carbons (Fsp3) is 0.889. The van der Waals surface area contributed by atoms with Crippen molar-refractivity contribution in [1.29, 1.82) is 0 Å². The van der Waals surface area contributed by atoms with Crippen LogP contribution < -0.4 is 10.6 Å². The maximum absolute atomic E-state index is 11.2. The summed E-state index contributed by atoms with van der Waals surface area (Å²) >= 11 is 0. The molecule has 0 radical (unpaired) electrons. The Bertz CT molecular complexity index is 153. The van der Waals surface area contributed by atoms with Crippen molar-refractivity contribution in [3.63, 3.8) is 0 Å². The SMILES string of the molecule is CCC(COC)NC(=O)NCCCO. The lowest BCUT2D eigenvalue weighted by Gasteiger charge is -2.16. The molecule has 2 amide bonds. The van der Waals surface area contributed by atoms with E-state index in [-0.39, 0.29) is 18.7 Å². The van der Waals surface area contributed by atoms with Gasteiger partial charge in [-0.25, -0.2) is 4.79 Å². The third-order valence-electron chi connectivity index (χ3n) is 1.82. The third kappa shape index (κ3) is 6.68. The highest BCUT2D eigenvalue weighted by Gasteiger charge is 2.08. The number of rotatable bonds is 7. The minimum atomic E-state index is -0.206. The van der Waals surface area contributed by atoms with Crippen LogP contribution in [0.1, 0.15) is 19.8 Å². The smallest absolute Gasteiger partial charge is 0.315 e. The molecule has 0 rings (SSSR count). The van der Waals surface area contributed by atoms with Crippen LogP contribution in [0.2, 0.25) is 0 Å². The molecule has 0 heterocycles. The highest BCUT2D eigenvalue weighted by atomic mass is 16.5. The van der Waals surface area contributed by atoms with Crippen LogP contribution in [0, 0.1) is 0 Å². The first-order valence-electron chi connectivity index (χ1n) is 4.88. The Hall–Kier alpha value is -0.810. The van der Waals surface area contributed by atoms with E-state index >= 15 is 0 Å². The first kappa shape index (κ1) is 13.2. The number of ether oxygens (including phenoxy) is 1. The van der Waals surface area contributed by atoms with E-state index in [1.54, 1.807) is 7.11 Å². The van der Waals surface area contributed by atoms with E-state index in [0.717, 1.165) is 6.42 Å². The molecule has 0 fully saturated rings. The fourth-order valence-electron chi connectivity index (χ4n) is 0.980. The molecule has 3 N–H and O–H groups in total. The number of hydrogen-bond acceptors (Lipinski definition) is 3. The molecular weight excluding hydrogens is 184 g/mol. The molecule has 0 saturated carbocycles. The second kappa shape index (κ2) is 8.77. The van der Waals surface area contributed by atoms with Gasteiger partial charge in [0.15, 0.2) is 0 Å². The third-order valence-corrected chi connectivity index (χ3v) is 1.82. The van der Waals surface area contributed by atoms with Crippen molar-refractivity contribution in [3.05, 3.63) is 0 Å². The topological polar surface area (TPSA) is 70.6 Å². The fourth-order valence-corrected chi connectivity index (χ4v) is 0.980. The summed E-state index contributed by atoms with van der Waals surface area (Å²) in [5.74, 6) is 0. The van der Waals surface area contributed by atoms with E-state index in [1.807, 2.05) is 6.92 Å². The number of aliphatic hydroxyl groups is 1. The summed E-state index contributed by atoms with van der Waals surface area (Å²) in [5, 5.41) is 13.9. The van der Waals surface area contributed by atoms with Crippen LogP contribution in [0.3, 0.4) is 0 Å². The van der Waals surface area contributed by atoms with Crippen molar-refractivity contribution < 1.29 is 14.6 Å². The van der Waals surface area contributed by atoms with Crippen molar-refractivity contribution in [2.75, 3.05) is 26.9 Å². The first-order valence-corrected chi connectivity index (χ1v) is 4.88. The molecule has 0 bridgehead atoms. The quantitative estimate of drug-likeness (QED) is 0.515. The van der Waals surface area contributed by atoms with Gasteiger partial charge >= 0.3 is 6.03 Å². The molecule has 0 spiro atoms. The molecule has 1 unspecified atom stereocenters. The van der Waals surface area contributed by atoms with Gasteiger partial charge in [-0.3, -0.25) is 0 Å². The van der Waals surface area contributed by atoms with Crippen molar-refractivity contribution in [3.8, 4) is 0 Å². The average molecular weight is 204 g/mol. The summed E-state index contributed by atoms with van der Waals surface area (Å²) < 4.78 is 4.94. The lowest BCUT2D eigenvalue weighted by molar-refractivity contribution is 0.163. The van der Waals surface area contributed by atoms with Crippen LogP contribution in [0.5, 0.6) is 0 Å². The molecule has 0 aromatic carbocycles. The Morgan fingerprint density at radius 3 is 2.79 bits per heavy atom. The number of aliphatic hydroxyl groups excluding tert-OH is 1. The van der Waals surface area contributed by atoms with Gasteiger partial charge in [0.2, 0.25) is 0 Å². The van der Waals surface area contributed by atoms with Crippen LogP contribution in [0.15, 0.2) is 0 Å². The van der Waals surface area contributed by atoms with Gasteiger partial charge in [-0.05, 0) is 12.8 Å². The summed E-state index contributed by atoms with van der Waals surface area (Å²) in [5.41, 5.74) is 0. The highest BCUT2D eigenvalue weighted by Crippen LogP contribution is 1.90. The van der Waals surface area contributed by atoms with Crippen molar-refractivity contribution in [2.45, 2.75) is 25.8 Å². The Labute approximate surface area is 84.8 Å². The van der Waals surface area contributed by atoms with E-state index in [4.69, 9.17) is 9.84 Å². The monoisotopic (exact) mass is 204 g/mol. The minimum absolute atomic E-state index is 0.0501. The molecular formula is C9H20N2O3. The van der Waals surface area contributed by atoms with Gasteiger partial charge in [-0.2, -0.15) is 0 Å². The molecule has 1 atom stereocenters. The standard InChI is InChI=1S/C9H20N2O3/c1-3-8(7-14-2)11-9(13)10-5-4-6-12/h8,12H,3-7H2,1-2H3,(H2,10,11,13). The molecule has 14 heavy (non-hydrogen) atoms. The Morgan fingerprint density at radius 1 is 1.57 bits per heavy atom. The second-order valence-electron chi connectivity index (χ2n) is 3.04. The molecule has 0 aliphatic carbocycles. The van der Waals surface area contributed by atoms with E-state index < -0.39 is 0 Å². The molecule has 0 aliphatic heterocycles. The maximum atomic E-state index is 11.2. The zero-order valence-corrected chi connectivity index (χ0v) is 8.88. The predicted molar refractivity (Wildman–Crippen MR) is 54.2 cm³/mol. The summed E-state index contributed by atoms with van der Waals surface area (Å²) in [6, 6.07) is -0.156. The average Bonchev–Trinajstić information content (AvgIpc) is 2.17. The van der Waals surface area contributed by atoms with E-state index in [2.05, 4.69) is 10.6 Å². The summed E-state index contributed by atoms with van der Waals surface area (Å²) in [7, 11) is 1.61. The zero-order chi connectivity index (χ0) is 10.8. The molecule has 5 heteroatoms. The van der Waals surface area contributed by atoms with Crippen LogP contribution in [-0.2, 0) is 4.74 Å². The maximum Gasteiger partial charge on any atom is 0.315 e. The van der Waals surface area contributed by atoms with Crippen LogP contribution in [0.4, 0.5) is 4.79 Å². The molecule has 0 aromatic heterocycles. The number of carbonyl (C=O) groups is 1. The first-order chi connectivity index (χ1) is 6.74. The van der Waals surface area contributed by atoms with Gasteiger partial charge in [-0.1, -0.05) is 6.92 Å². The number of hydrogen-bond donors (Lipinski definition) is 3. The predicted octanol–water partition coefficient (Wildman–Crippen LogP) is 0.0930. The van der Waals surface area contributed by atoms with Gasteiger partial charge in [0.1, 0.15) is 0 Å². The van der Waals surface area contributed by atoms with Crippen molar-refractivity contribution in [2.24, 2.45) is 0 Å². The lowest BCUT2D eigenvalue weighted by atomic mass is 10.2. The van der Waals surface area contributed by atoms with Crippen molar-refractivity contribution >= 4 is 6.03 Å². The summed E-state index contributed by atoms with van der Waals surface area (Å²) in [6.45, 7) is 3.09. The Morgan fingerprint density at radius 2 is 2.29 bits per heavy atom. The van der Waals surface area contributed by atoms with Crippen LogP contribution in [0.25, 0.3) is 0 Å². The molecule has 5 nitrogen and oxygen atoms in total. The number of amides is 2. The number of nitrogens with one attached hydrogen (secondary N) is 2. The van der Waals surface area contributed by atoms with Crippen molar-refractivity contribution in [1.82, 2.24) is 10.6 Å². The minimum Gasteiger partial charge on any atom is -0.396 e. The molecule has 0 saturated heterocycles. The molecule has 0 aliphatic rings. The van der Waals surface area contributed by atoms with Crippen LogP contribution in [-0.4, -0.2) is 44.0 Å². The van der Waals surface area contributed by atoms with E-state index in [1.165, 1.54) is 0 Å². The van der Waals surface area contributed by atoms with Gasteiger partial charge < -0.3 is 20.5 Å². The normalized spacial score (nSPS) is 12.2. The number of methoxy groups -OCH3 is 1. The molecule has 0 aromatic rings. The largest absolute Gasteiger partial charge is 0.396 e. The lowest BCUT2D eigenvalue weighted by Crippen LogP contribution is -2.44. The number of carbonyl (C=O) groups excluding carboxylic acids is 1. The van der Waals surface area contributed by atoms with Gasteiger partial charge in [0.25, 0.3) is 0 Å². The van der Waals surface area contributed by atoms with E-state index in [0.29, 0.717) is 19.6 Å².